The van der Waals surface area contributed by atoms with Crippen molar-refractivity contribution in [1.29, 1.82) is 0 Å². The number of hydrogen-bond acceptors (Lipinski definition) is 6. The predicted octanol–water partition coefficient (Wildman–Crippen LogP) is 4.09. The van der Waals surface area contributed by atoms with E-state index in [1.165, 1.54) is 12.2 Å². The first-order chi connectivity index (χ1) is 15.0. The van der Waals surface area contributed by atoms with E-state index >= 15 is 4.39 Å². The fourth-order valence-electron chi connectivity index (χ4n) is 7.30. The number of carbonyl (C=O) groups excluding carboxylic acids is 3. The van der Waals surface area contributed by atoms with Crippen LogP contribution in [0.3, 0.4) is 0 Å². The highest BCUT2D eigenvalue weighted by Gasteiger charge is 2.71. The first-order valence-electron chi connectivity index (χ1n) is 11.3. The van der Waals surface area contributed by atoms with Crippen molar-refractivity contribution in [1.82, 2.24) is 0 Å². The molecule has 5 nitrogen and oxygen atoms in total. The summed E-state index contributed by atoms with van der Waals surface area (Å²) in [5.41, 5.74) is -2.89. The molecule has 0 aliphatic heterocycles. The Labute approximate surface area is 191 Å². The van der Waals surface area contributed by atoms with Crippen LogP contribution < -0.4 is 0 Å². The van der Waals surface area contributed by atoms with E-state index in [0.29, 0.717) is 23.8 Å². The van der Waals surface area contributed by atoms with E-state index in [2.05, 4.69) is 0 Å². The number of rotatable bonds is 4. The van der Waals surface area contributed by atoms with Crippen molar-refractivity contribution in [2.45, 2.75) is 70.8 Å². The standard InChI is InChI=1S/C24H30F2O5S/c1-4-19(29)31-24(21(30)32-12-25)8-6-15-14-10-17(26)16-9-13(27)5-7-22(16,2)20(14)18(28)11-23(15,24)3/h5,7,9,14-15,17-18,20,28H,4,6,8,10-12H2,1-3H3/t14?,15?,17-,18-,20+,22-,23-,24-/m0/s1. The van der Waals surface area contributed by atoms with Crippen molar-refractivity contribution in [3.63, 3.8) is 0 Å². The van der Waals surface area contributed by atoms with Crippen molar-refractivity contribution >= 4 is 28.6 Å². The van der Waals surface area contributed by atoms with Gasteiger partial charge < -0.3 is 9.84 Å². The van der Waals surface area contributed by atoms with Gasteiger partial charge in [0.1, 0.15) is 12.2 Å². The van der Waals surface area contributed by atoms with Crippen molar-refractivity contribution < 1.29 is 33.0 Å². The van der Waals surface area contributed by atoms with Crippen LogP contribution in [-0.4, -0.2) is 45.9 Å². The van der Waals surface area contributed by atoms with E-state index in [4.69, 9.17) is 4.74 Å². The molecule has 0 amide bonds. The van der Waals surface area contributed by atoms with E-state index in [0.717, 1.165) is 0 Å². The van der Waals surface area contributed by atoms with Crippen LogP contribution in [0.5, 0.6) is 0 Å². The van der Waals surface area contributed by atoms with Gasteiger partial charge in [-0.1, -0.05) is 26.8 Å². The fourth-order valence-corrected chi connectivity index (χ4v) is 8.01. The zero-order valence-electron chi connectivity index (χ0n) is 18.6. The van der Waals surface area contributed by atoms with E-state index in [1.54, 1.807) is 13.0 Å². The summed E-state index contributed by atoms with van der Waals surface area (Å²) in [6, 6.07) is -0.933. The Morgan fingerprint density at radius 3 is 2.72 bits per heavy atom. The van der Waals surface area contributed by atoms with Crippen LogP contribution in [0.25, 0.3) is 0 Å². The molecule has 8 atom stereocenters. The lowest BCUT2D eigenvalue weighted by Crippen LogP contribution is -2.63. The van der Waals surface area contributed by atoms with Gasteiger partial charge in [0.15, 0.2) is 11.4 Å². The minimum absolute atomic E-state index is 0.0717. The number of thioether (sulfide) groups is 1. The summed E-state index contributed by atoms with van der Waals surface area (Å²) in [6.45, 7) is 5.31. The van der Waals surface area contributed by atoms with E-state index in [1.807, 2.05) is 13.8 Å². The molecule has 0 aromatic heterocycles. The molecule has 1 N–H and O–H groups in total. The molecule has 0 saturated heterocycles. The van der Waals surface area contributed by atoms with Gasteiger partial charge in [0.05, 0.1) is 6.10 Å². The Balaban J connectivity index is 1.78. The summed E-state index contributed by atoms with van der Waals surface area (Å²) in [5, 5.41) is 10.9. The zero-order chi connectivity index (χ0) is 23.5. The van der Waals surface area contributed by atoms with Gasteiger partial charge >= 0.3 is 5.97 Å². The molecule has 0 bridgehead atoms. The highest BCUT2D eigenvalue weighted by Crippen LogP contribution is 2.68. The minimum atomic E-state index is -1.55. The van der Waals surface area contributed by atoms with E-state index in [-0.39, 0.29) is 49.2 Å². The summed E-state index contributed by atoms with van der Waals surface area (Å²) >= 11 is 0.487. The molecule has 8 heteroatoms. The molecule has 0 radical (unpaired) electrons. The lowest BCUT2D eigenvalue weighted by atomic mass is 9.46. The maximum absolute atomic E-state index is 15.4. The predicted molar refractivity (Wildman–Crippen MR) is 116 cm³/mol. The molecule has 0 aromatic carbocycles. The van der Waals surface area contributed by atoms with Crippen molar-refractivity contribution in [2.75, 3.05) is 6.01 Å². The molecule has 0 aromatic rings. The fraction of sp³-hybridized carbons (Fsp3) is 0.708. The van der Waals surface area contributed by atoms with Gasteiger partial charge in [0.2, 0.25) is 5.12 Å². The quantitative estimate of drug-likeness (QED) is 0.626. The average molecular weight is 469 g/mol. The van der Waals surface area contributed by atoms with Crippen molar-refractivity contribution in [3.8, 4) is 0 Å². The number of hydrogen-bond donors (Lipinski definition) is 1. The van der Waals surface area contributed by atoms with Gasteiger partial charge in [-0.3, -0.25) is 14.4 Å². The molecule has 3 fully saturated rings. The lowest BCUT2D eigenvalue weighted by molar-refractivity contribution is -0.196. The monoisotopic (exact) mass is 468 g/mol. The van der Waals surface area contributed by atoms with Gasteiger partial charge in [-0.25, -0.2) is 8.78 Å². The zero-order valence-corrected chi connectivity index (χ0v) is 19.4. The Kier molecular flexibility index (Phi) is 5.94. The van der Waals surface area contributed by atoms with E-state index in [9.17, 15) is 23.9 Å². The highest BCUT2D eigenvalue weighted by atomic mass is 32.2. The van der Waals surface area contributed by atoms with Crippen LogP contribution in [0.4, 0.5) is 8.78 Å². The third kappa shape index (κ3) is 3.16. The molecule has 176 valence electrons. The number of carbonyl (C=O) groups is 3. The second-order valence-corrected chi connectivity index (χ2v) is 10.9. The molecular weight excluding hydrogens is 438 g/mol. The summed E-state index contributed by atoms with van der Waals surface area (Å²) in [6.07, 6.45) is 3.38. The number of aliphatic hydroxyl groups excluding tert-OH is 1. The molecule has 3 saturated carbocycles. The first kappa shape index (κ1) is 23.6. The number of allylic oxidation sites excluding steroid dienone is 4. The van der Waals surface area contributed by atoms with E-state index < -0.39 is 45.8 Å². The van der Waals surface area contributed by atoms with Crippen LogP contribution >= 0.6 is 11.8 Å². The molecule has 0 heterocycles. The summed E-state index contributed by atoms with van der Waals surface area (Å²) in [7, 11) is 0. The SMILES string of the molecule is CCC(=O)O[C@]1(C(=O)SCF)CCC2C3C[C@H](F)C4=CC(=O)C=C[C@]4(C)[C@H]3[C@@H](O)C[C@@]21C. The molecule has 4 aliphatic carbocycles. The molecule has 4 aliphatic rings. The number of halogens is 2. The second kappa shape index (κ2) is 8.05. The highest BCUT2D eigenvalue weighted by molar-refractivity contribution is 8.13. The van der Waals surface area contributed by atoms with Crippen LogP contribution in [0, 0.1) is 28.6 Å². The smallest absolute Gasteiger partial charge is 0.306 e. The van der Waals surface area contributed by atoms with Gasteiger partial charge in [-0.05, 0) is 67.0 Å². The molecule has 2 unspecified atom stereocenters. The van der Waals surface area contributed by atoms with Gasteiger partial charge in [-0.15, -0.1) is 0 Å². The number of esters is 1. The Hall–Kier alpha value is -1.54. The summed E-state index contributed by atoms with van der Waals surface area (Å²) < 4.78 is 34.4. The molecular formula is C24H30F2O5S. The van der Waals surface area contributed by atoms with Crippen molar-refractivity contribution in [2.24, 2.45) is 28.6 Å². The van der Waals surface area contributed by atoms with Gasteiger partial charge in [0.25, 0.3) is 0 Å². The van der Waals surface area contributed by atoms with Crippen molar-refractivity contribution in [3.05, 3.63) is 23.8 Å². The largest absolute Gasteiger partial charge is 0.449 e. The topological polar surface area (TPSA) is 80.7 Å². The first-order valence-corrected chi connectivity index (χ1v) is 12.2. The lowest BCUT2D eigenvalue weighted by Gasteiger charge is -2.60. The third-order valence-electron chi connectivity index (χ3n) is 8.69. The Bertz CT molecular complexity index is 903. The number of aliphatic hydroxyl groups is 1. The average Bonchev–Trinajstić information content (AvgIpc) is 3.02. The van der Waals surface area contributed by atoms with Crippen LogP contribution in [0.15, 0.2) is 23.8 Å². The van der Waals surface area contributed by atoms with Crippen LogP contribution in [0.2, 0.25) is 0 Å². The number of ether oxygens (including phenoxy) is 1. The van der Waals surface area contributed by atoms with Gasteiger partial charge in [0, 0.05) is 23.2 Å². The minimum Gasteiger partial charge on any atom is -0.449 e. The number of fused-ring (bicyclic) bond motifs is 5. The van der Waals surface area contributed by atoms with Crippen LogP contribution in [0.1, 0.15) is 52.9 Å². The number of alkyl halides is 2. The maximum Gasteiger partial charge on any atom is 0.306 e. The van der Waals surface area contributed by atoms with Crippen LogP contribution in [-0.2, 0) is 19.1 Å². The molecule has 4 rings (SSSR count). The Morgan fingerprint density at radius 2 is 2.06 bits per heavy atom. The Morgan fingerprint density at radius 1 is 1.34 bits per heavy atom. The normalized spacial score (nSPS) is 44.9. The third-order valence-corrected chi connectivity index (χ3v) is 9.39. The molecule has 0 spiro atoms. The maximum atomic E-state index is 15.4. The summed E-state index contributed by atoms with van der Waals surface area (Å²) in [4.78, 5) is 37.4. The second-order valence-electron chi connectivity index (χ2n) is 10.0. The summed E-state index contributed by atoms with van der Waals surface area (Å²) in [5.74, 6) is -1.59. The van der Waals surface area contributed by atoms with Gasteiger partial charge in [-0.2, -0.15) is 0 Å². The number of ketones is 1. The molecule has 32 heavy (non-hydrogen) atoms.